The summed E-state index contributed by atoms with van der Waals surface area (Å²) in [7, 11) is 0. The van der Waals surface area contributed by atoms with Crippen LogP contribution in [-0.4, -0.2) is 29.4 Å². The second-order valence-electron chi connectivity index (χ2n) is 3.88. The highest BCUT2D eigenvalue weighted by atomic mass is 35.5. The van der Waals surface area contributed by atoms with Crippen LogP contribution in [0.3, 0.4) is 0 Å². The van der Waals surface area contributed by atoms with Crippen LogP contribution in [0.1, 0.15) is 17.3 Å². The first-order valence-electron chi connectivity index (χ1n) is 5.22. The Morgan fingerprint density at radius 3 is 3.06 bits per heavy atom. The van der Waals surface area contributed by atoms with E-state index in [0.29, 0.717) is 23.7 Å². The van der Waals surface area contributed by atoms with Crippen molar-refractivity contribution in [2.75, 3.05) is 24.3 Å². The van der Waals surface area contributed by atoms with E-state index < -0.39 is 0 Å². The summed E-state index contributed by atoms with van der Waals surface area (Å²) in [5.74, 6) is 1.19. The molecule has 1 rings (SSSR count). The monoisotopic (exact) mass is 273 g/mol. The number of hydrogen-bond acceptors (Lipinski definition) is 4. The summed E-state index contributed by atoms with van der Waals surface area (Å²) >= 11 is 7.59. The lowest BCUT2D eigenvalue weighted by Crippen LogP contribution is -2.29. The molecule has 0 saturated heterocycles. The molecule has 1 heterocycles. The second kappa shape index (κ2) is 6.71. The fraction of sp³-hybridized carbons (Fsp3) is 0.455. The van der Waals surface area contributed by atoms with Gasteiger partial charge >= 0.3 is 0 Å². The molecule has 0 saturated carbocycles. The van der Waals surface area contributed by atoms with Crippen molar-refractivity contribution < 1.29 is 4.79 Å². The predicted molar refractivity (Wildman–Crippen MR) is 73.5 cm³/mol. The van der Waals surface area contributed by atoms with Crippen molar-refractivity contribution in [1.29, 1.82) is 0 Å². The van der Waals surface area contributed by atoms with E-state index in [0.717, 1.165) is 5.75 Å². The van der Waals surface area contributed by atoms with E-state index in [-0.39, 0.29) is 11.1 Å². The topological polar surface area (TPSA) is 68.0 Å². The summed E-state index contributed by atoms with van der Waals surface area (Å²) in [6.45, 7) is 2.70. The Kier molecular flexibility index (Phi) is 5.58. The molecule has 3 N–H and O–H groups in total. The molecule has 1 aromatic heterocycles. The number of halogens is 1. The number of aromatic nitrogens is 1. The average molecular weight is 274 g/mol. The third-order valence-corrected chi connectivity index (χ3v) is 3.37. The van der Waals surface area contributed by atoms with Gasteiger partial charge in [0.25, 0.3) is 5.91 Å². The normalized spacial score (nSPS) is 12.2. The number of thioether (sulfide) groups is 1. The molecule has 0 aromatic carbocycles. The number of nitrogens with two attached hydrogens (primary N) is 1. The van der Waals surface area contributed by atoms with Crippen LogP contribution in [0.15, 0.2) is 12.3 Å². The molecule has 0 radical (unpaired) electrons. The van der Waals surface area contributed by atoms with Gasteiger partial charge in [-0.2, -0.15) is 11.8 Å². The van der Waals surface area contributed by atoms with E-state index in [9.17, 15) is 4.79 Å². The first-order chi connectivity index (χ1) is 8.04. The average Bonchev–Trinajstić information content (AvgIpc) is 2.29. The number of anilines is 1. The fourth-order valence-corrected chi connectivity index (χ4v) is 2.21. The van der Waals surface area contributed by atoms with Gasteiger partial charge in [0.05, 0.1) is 17.4 Å². The van der Waals surface area contributed by atoms with Crippen molar-refractivity contribution in [3.05, 3.63) is 23.0 Å². The van der Waals surface area contributed by atoms with Crippen molar-refractivity contribution >= 4 is 35.0 Å². The Morgan fingerprint density at radius 2 is 2.41 bits per heavy atom. The molecule has 0 aliphatic rings. The number of nitrogens with zero attached hydrogens (tertiary/aromatic N) is 1. The number of rotatable bonds is 5. The Bertz CT molecular complexity index is 400. The Labute approximate surface area is 110 Å². The minimum atomic E-state index is -0.234. The Hall–Kier alpha value is -0.940. The maximum absolute atomic E-state index is 11.8. The quantitative estimate of drug-likeness (QED) is 0.806. The molecule has 1 atom stereocenters. The lowest BCUT2D eigenvalue weighted by atomic mass is 10.2. The number of pyridine rings is 1. The fourth-order valence-electron chi connectivity index (χ4n) is 1.33. The number of amides is 1. The number of nitrogens with one attached hydrogen (secondary N) is 1. The van der Waals surface area contributed by atoms with Crippen LogP contribution in [0.4, 0.5) is 5.69 Å². The SMILES string of the molecule is CSCC(C)CNC(=O)c1cc(N)cnc1Cl. The largest absolute Gasteiger partial charge is 0.397 e. The first-order valence-corrected chi connectivity index (χ1v) is 7.00. The highest BCUT2D eigenvalue weighted by Crippen LogP contribution is 2.15. The highest BCUT2D eigenvalue weighted by Gasteiger charge is 2.12. The number of carbonyl (C=O) groups excluding carboxylic acids is 1. The molecular weight excluding hydrogens is 258 g/mol. The van der Waals surface area contributed by atoms with E-state index in [1.807, 2.05) is 6.26 Å². The van der Waals surface area contributed by atoms with Gasteiger partial charge in [-0.15, -0.1) is 0 Å². The van der Waals surface area contributed by atoms with Gasteiger partial charge in [-0.3, -0.25) is 4.79 Å². The zero-order chi connectivity index (χ0) is 12.8. The van der Waals surface area contributed by atoms with Gasteiger partial charge in [0.15, 0.2) is 0 Å². The molecule has 0 aliphatic heterocycles. The van der Waals surface area contributed by atoms with Crippen LogP contribution >= 0.6 is 23.4 Å². The molecule has 1 unspecified atom stereocenters. The summed E-state index contributed by atoms with van der Waals surface area (Å²) in [6, 6.07) is 1.53. The van der Waals surface area contributed by atoms with E-state index in [2.05, 4.69) is 17.2 Å². The molecular formula is C11H16ClN3OS. The van der Waals surface area contributed by atoms with Gasteiger partial charge in [0.2, 0.25) is 0 Å². The van der Waals surface area contributed by atoms with E-state index in [1.165, 1.54) is 12.3 Å². The van der Waals surface area contributed by atoms with Crippen molar-refractivity contribution in [2.45, 2.75) is 6.92 Å². The second-order valence-corrected chi connectivity index (χ2v) is 5.15. The van der Waals surface area contributed by atoms with Crippen molar-refractivity contribution in [2.24, 2.45) is 5.92 Å². The molecule has 4 nitrogen and oxygen atoms in total. The first kappa shape index (κ1) is 14.1. The van der Waals surface area contributed by atoms with Crippen LogP contribution in [-0.2, 0) is 0 Å². The van der Waals surface area contributed by atoms with Crippen LogP contribution < -0.4 is 11.1 Å². The van der Waals surface area contributed by atoms with Crippen LogP contribution in [0.25, 0.3) is 0 Å². The van der Waals surface area contributed by atoms with E-state index in [1.54, 1.807) is 11.8 Å². The maximum atomic E-state index is 11.8. The molecule has 94 valence electrons. The van der Waals surface area contributed by atoms with Gasteiger partial charge in [-0.1, -0.05) is 18.5 Å². The molecule has 1 aromatic rings. The van der Waals surface area contributed by atoms with Gasteiger partial charge in [0.1, 0.15) is 5.15 Å². The van der Waals surface area contributed by atoms with Crippen LogP contribution in [0.2, 0.25) is 5.15 Å². The van der Waals surface area contributed by atoms with Crippen molar-refractivity contribution in [3.63, 3.8) is 0 Å². The smallest absolute Gasteiger partial charge is 0.254 e. The molecule has 0 spiro atoms. The molecule has 1 amide bonds. The maximum Gasteiger partial charge on any atom is 0.254 e. The lowest BCUT2D eigenvalue weighted by molar-refractivity contribution is 0.0949. The summed E-state index contributed by atoms with van der Waals surface area (Å²) < 4.78 is 0. The minimum absolute atomic E-state index is 0.175. The van der Waals surface area contributed by atoms with Crippen LogP contribution in [0, 0.1) is 5.92 Å². The third kappa shape index (κ3) is 4.44. The summed E-state index contributed by atoms with van der Waals surface area (Å²) in [6.07, 6.45) is 3.46. The molecule has 6 heteroatoms. The number of nitrogen functional groups attached to an aromatic ring is 1. The molecule has 0 fully saturated rings. The van der Waals surface area contributed by atoms with Gasteiger partial charge in [-0.25, -0.2) is 4.98 Å². The standard InChI is InChI=1S/C11H16ClN3OS/c1-7(6-17-2)4-15-11(16)9-3-8(13)5-14-10(9)12/h3,5,7H,4,6,13H2,1-2H3,(H,15,16). The van der Waals surface area contributed by atoms with E-state index in [4.69, 9.17) is 17.3 Å². The predicted octanol–water partition coefficient (Wildman–Crippen LogP) is 2.05. The summed E-state index contributed by atoms with van der Waals surface area (Å²) in [5.41, 5.74) is 6.31. The minimum Gasteiger partial charge on any atom is -0.397 e. The summed E-state index contributed by atoms with van der Waals surface area (Å²) in [5, 5.41) is 2.99. The lowest BCUT2D eigenvalue weighted by Gasteiger charge is -2.11. The zero-order valence-corrected chi connectivity index (χ0v) is 11.4. The molecule has 0 bridgehead atoms. The molecule has 17 heavy (non-hydrogen) atoms. The number of hydrogen-bond donors (Lipinski definition) is 2. The van der Waals surface area contributed by atoms with Crippen molar-refractivity contribution in [1.82, 2.24) is 10.3 Å². The zero-order valence-electron chi connectivity index (χ0n) is 9.87. The van der Waals surface area contributed by atoms with Gasteiger partial charge in [0, 0.05) is 6.54 Å². The third-order valence-electron chi connectivity index (χ3n) is 2.17. The van der Waals surface area contributed by atoms with E-state index >= 15 is 0 Å². The Balaban J connectivity index is 2.61. The molecule has 0 aliphatic carbocycles. The highest BCUT2D eigenvalue weighted by molar-refractivity contribution is 7.98. The number of carbonyl (C=O) groups is 1. The van der Waals surface area contributed by atoms with Crippen molar-refractivity contribution in [3.8, 4) is 0 Å². The Morgan fingerprint density at radius 1 is 1.71 bits per heavy atom. The van der Waals surface area contributed by atoms with Crippen LogP contribution in [0.5, 0.6) is 0 Å². The van der Waals surface area contributed by atoms with Gasteiger partial charge < -0.3 is 11.1 Å². The summed E-state index contributed by atoms with van der Waals surface area (Å²) in [4.78, 5) is 15.7. The van der Waals surface area contributed by atoms with Gasteiger partial charge in [-0.05, 0) is 24.0 Å².